The van der Waals surface area contributed by atoms with Crippen LogP contribution >= 0.6 is 34.8 Å². The summed E-state index contributed by atoms with van der Waals surface area (Å²) < 4.78 is 1.62. The Kier molecular flexibility index (Phi) is 8.77. The van der Waals surface area contributed by atoms with Crippen molar-refractivity contribution in [2.24, 2.45) is 0 Å². The van der Waals surface area contributed by atoms with Gasteiger partial charge in [0.15, 0.2) is 5.82 Å². The molecule has 3 N–H and O–H groups in total. The molecule has 210 valence electrons. The van der Waals surface area contributed by atoms with Gasteiger partial charge in [0, 0.05) is 30.2 Å². The number of benzene rings is 2. The molecule has 0 bridgehead atoms. The van der Waals surface area contributed by atoms with Crippen molar-refractivity contribution < 1.29 is 4.79 Å². The normalized spacial score (nSPS) is 14.6. The Bertz CT molecular complexity index is 1520. The van der Waals surface area contributed by atoms with Gasteiger partial charge in [-0.25, -0.2) is 9.67 Å². The van der Waals surface area contributed by atoms with Gasteiger partial charge in [-0.2, -0.15) is 4.98 Å². The first kappa shape index (κ1) is 28.6. The molecule has 0 unspecified atom stereocenters. The predicted molar refractivity (Wildman–Crippen MR) is 160 cm³/mol. The smallest absolute Gasteiger partial charge is 0.284 e. The first-order valence-electron chi connectivity index (χ1n) is 13.2. The van der Waals surface area contributed by atoms with Gasteiger partial charge in [0.1, 0.15) is 17.1 Å². The van der Waals surface area contributed by atoms with E-state index in [1.165, 1.54) is 0 Å². The molecule has 3 heterocycles. The number of halogens is 3. The summed E-state index contributed by atoms with van der Waals surface area (Å²) in [7, 11) is 0. The number of nitrogens with one attached hydrogen (secondary N) is 3. The molecule has 12 heteroatoms. The Hall–Kier alpha value is -2.95. The minimum Gasteiger partial charge on any atom is -0.325 e. The Morgan fingerprint density at radius 1 is 1.05 bits per heavy atom. The van der Waals surface area contributed by atoms with Crippen molar-refractivity contribution in [2.45, 2.75) is 32.6 Å². The minimum atomic E-state index is -0.382. The molecule has 2 aromatic rings. The maximum atomic E-state index is 13.2. The first-order valence-corrected chi connectivity index (χ1v) is 14.3. The van der Waals surface area contributed by atoms with E-state index in [4.69, 9.17) is 39.8 Å². The second kappa shape index (κ2) is 12.3. The van der Waals surface area contributed by atoms with Crippen LogP contribution in [0.2, 0.25) is 15.1 Å². The van der Waals surface area contributed by atoms with Gasteiger partial charge in [0.05, 0.1) is 22.3 Å². The van der Waals surface area contributed by atoms with Crippen molar-refractivity contribution in [2.75, 3.05) is 38.0 Å². The summed E-state index contributed by atoms with van der Waals surface area (Å²) in [5.74, 6) is 0.692. The lowest BCUT2D eigenvalue weighted by molar-refractivity contribution is -0.117. The molecule has 0 aliphatic carbocycles. The summed E-state index contributed by atoms with van der Waals surface area (Å²) in [6.07, 6.45) is 1.35. The fourth-order valence-corrected chi connectivity index (χ4v) is 5.84. The van der Waals surface area contributed by atoms with Crippen molar-refractivity contribution in [1.29, 1.82) is 0 Å². The number of anilines is 1. The lowest BCUT2D eigenvalue weighted by atomic mass is 10.1. The number of nitrogens with zero attached hydrogens (tertiary/aromatic N) is 4. The molecule has 0 atom stereocenters. The Morgan fingerprint density at radius 2 is 1.77 bits per heavy atom. The number of amides is 1. The topological polar surface area (TPSA) is 108 Å². The number of H-pyrrole nitrogens is 1. The van der Waals surface area contributed by atoms with Crippen LogP contribution in [0.3, 0.4) is 0 Å². The largest absolute Gasteiger partial charge is 0.325 e. The van der Waals surface area contributed by atoms with Gasteiger partial charge in [0.2, 0.25) is 5.91 Å². The van der Waals surface area contributed by atoms with Crippen molar-refractivity contribution in [3.8, 4) is 17.1 Å². The summed E-state index contributed by atoms with van der Waals surface area (Å²) in [6, 6.07) is 10.6. The molecule has 1 fully saturated rings. The quantitative estimate of drug-likeness (QED) is 0.276. The van der Waals surface area contributed by atoms with Crippen molar-refractivity contribution in [3.63, 3.8) is 0 Å². The van der Waals surface area contributed by atoms with E-state index >= 15 is 0 Å². The maximum Gasteiger partial charge on any atom is 0.284 e. The molecular formula is C28H30Cl3N7O2. The Labute approximate surface area is 247 Å². The van der Waals surface area contributed by atoms with Gasteiger partial charge in [-0.15, -0.1) is 0 Å². The van der Waals surface area contributed by atoms with Gasteiger partial charge in [-0.3, -0.25) is 19.6 Å². The number of carbonyl (C=O) groups is 1. The zero-order valence-corrected chi connectivity index (χ0v) is 24.5. The molecule has 2 aromatic carbocycles. The number of hydrogen-bond donors (Lipinski definition) is 3. The van der Waals surface area contributed by atoms with Crippen LogP contribution in [0.15, 0.2) is 41.2 Å². The summed E-state index contributed by atoms with van der Waals surface area (Å²) in [4.78, 5) is 36.9. The number of fused-ring (bicyclic) bond motifs is 1. The van der Waals surface area contributed by atoms with Gasteiger partial charge >= 0.3 is 0 Å². The molecule has 1 saturated heterocycles. The zero-order chi connectivity index (χ0) is 28.4. The number of hydrogen-bond acceptors (Lipinski definition) is 6. The molecule has 3 aliphatic heterocycles. The van der Waals surface area contributed by atoms with Gasteiger partial charge < -0.3 is 10.6 Å². The third-order valence-electron chi connectivity index (χ3n) is 6.80. The SMILES string of the molecule is CC(C)c1[nH]n(-c2c(Cl)cc(Cl)cc2Cl)c2nc(Cc3ccc(NC(=O)CN4CCCNCC4)cc3)nc(=O)c1-2. The third-order valence-corrected chi connectivity index (χ3v) is 7.59. The van der Waals surface area contributed by atoms with Crippen molar-refractivity contribution in [3.05, 3.63) is 78.9 Å². The highest BCUT2D eigenvalue weighted by Gasteiger charge is 2.27. The lowest BCUT2D eigenvalue weighted by Gasteiger charge is -2.18. The van der Waals surface area contributed by atoms with Crippen LogP contribution in [0.5, 0.6) is 0 Å². The molecule has 40 heavy (non-hydrogen) atoms. The van der Waals surface area contributed by atoms with E-state index in [1.54, 1.807) is 16.8 Å². The van der Waals surface area contributed by atoms with Crippen LogP contribution in [0, 0.1) is 0 Å². The molecule has 5 rings (SSSR count). The van der Waals surface area contributed by atoms with E-state index in [0.717, 1.165) is 38.2 Å². The van der Waals surface area contributed by atoms with Crippen molar-refractivity contribution >= 4 is 46.4 Å². The molecule has 0 spiro atoms. The molecule has 0 aromatic heterocycles. The third kappa shape index (κ3) is 6.34. The zero-order valence-electron chi connectivity index (χ0n) is 22.2. The first-order chi connectivity index (χ1) is 19.2. The molecular weight excluding hydrogens is 573 g/mol. The van der Waals surface area contributed by atoms with Crippen molar-refractivity contribution in [1.82, 2.24) is 30.0 Å². The average molecular weight is 603 g/mol. The van der Waals surface area contributed by atoms with E-state index in [0.29, 0.717) is 62.3 Å². The molecule has 0 radical (unpaired) electrons. The summed E-state index contributed by atoms with van der Waals surface area (Å²) in [5, 5.41) is 10.6. The van der Waals surface area contributed by atoms with E-state index in [-0.39, 0.29) is 17.4 Å². The maximum absolute atomic E-state index is 13.2. The molecule has 9 nitrogen and oxygen atoms in total. The number of carbonyl (C=O) groups excluding carboxylic acids is 1. The fourth-order valence-electron chi connectivity index (χ4n) is 4.86. The summed E-state index contributed by atoms with van der Waals surface area (Å²) in [5.41, 5.74) is 2.74. The fraction of sp³-hybridized carbons (Fsp3) is 0.357. The monoisotopic (exact) mass is 601 g/mol. The van der Waals surface area contributed by atoms with E-state index < -0.39 is 0 Å². The minimum absolute atomic E-state index is 0.00506. The number of rotatable bonds is 7. The van der Waals surface area contributed by atoms with Gasteiger partial charge in [-0.05, 0) is 55.3 Å². The molecule has 0 saturated carbocycles. The average Bonchev–Trinajstić information content (AvgIpc) is 3.07. The van der Waals surface area contributed by atoms with Crippen LogP contribution < -0.4 is 16.2 Å². The van der Waals surface area contributed by atoms with Crippen LogP contribution in [-0.4, -0.2) is 63.3 Å². The molecule has 1 amide bonds. The van der Waals surface area contributed by atoms with Crippen LogP contribution in [-0.2, 0) is 11.2 Å². The predicted octanol–water partition coefficient (Wildman–Crippen LogP) is 4.97. The summed E-state index contributed by atoms with van der Waals surface area (Å²) >= 11 is 19.1. The highest BCUT2D eigenvalue weighted by Crippen LogP contribution is 2.36. The van der Waals surface area contributed by atoms with Crippen LogP contribution in [0.4, 0.5) is 5.69 Å². The Balaban J connectivity index is 1.39. The lowest BCUT2D eigenvalue weighted by Crippen LogP contribution is -2.35. The standard InChI is InChI=1S/C28H30Cl3N7O2/c1-16(2)25-24-27(38(36-25)26-20(30)13-18(29)14-21(26)31)34-22(35-28(24)40)12-17-4-6-19(7-5-17)33-23(39)15-37-10-3-8-32-9-11-37/h4-7,13-14,16,32,36H,3,8-12,15H2,1-2H3,(H,33,39). The Morgan fingerprint density at radius 3 is 2.48 bits per heavy atom. The van der Waals surface area contributed by atoms with E-state index in [1.807, 2.05) is 38.1 Å². The second-order valence-corrected chi connectivity index (χ2v) is 11.4. The highest BCUT2D eigenvalue weighted by atomic mass is 35.5. The van der Waals surface area contributed by atoms with E-state index in [9.17, 15) is 9.59 Å². The van der Waals surface area contributed by atoms with Gasteiger partial charge in [-0.1, -0.05) is 60.8 Å². The molecule has 3 aliphatic rings. The summed E-state index contributed by atoms with van der Waals surface area (Å²) in [6.45, 7) is 7.94. The van der Waals surface area contributed by atoms with Crippen LogP contribution in [0.25, 0.3) is 17.1 Å². The van der Waals surface area contributed by atoms with Crippen LogP contribution in [0.1, 0.15) is 43.3 Å². The number of aromatic amines is 1. The van der Waals surface area contributed by atoms with E-state index in [2.05, 4.69) is 25.6 Å². The van der Waals surface area contributed by atoms with Gasteiger partial charge in [0.25, 0.3) is 5.56 Å². The highest BCUT2D eigenvalue weighted by molar-refractivity contribution is 6.40. The second-order valence-electron chi connectivity index (χ2n) is 10.2. The number of aromatic nitrogens is 4.